The lowest BCUT2D eigenvalue weighted by Crippen LogP contribution is -1.91. The monoisotopic (exact) mass is 205 g/mol. The van der Waals surface area contributed by atoms with Crippen LogP contribution >= 0.6 is 0 Å². The molecule has 2 aromatic rings. The Balaban J connectivity index is 2.49. The van der Waals surface area contributed by atoms with Gasteiger partial charge in [-0.1, -0.05) is 19.1 Å². The standard InChI is InChI=1S/C11H12FN3/c1-2-9-10(13)11(15-14-9)7-4-3-5-8(12)6-7/h3-6H,2,13H2,1H3,(H,14,15). The highest BCUT2D eigenvalue weighted by Gasteiger charge is 2.10. The summed E-state index contributed by atoms with van der Waals surface area (Å²) in [5.74, 6) is -0.284. The lowest BCUT2D eigenvalue weighted by atomic mass is 10.1. The molecule has 2 rings (SSSR count). The van der Waals surface area contributed by atoms with E-state index in [2.05, 4.69) is 10.2 Å². The van der Waals surface area contributed by atoms with Gasteiger partial charge in [-0.05, 0) is 18.6 Å². The Morgan fingerprint density at radius 1 is 1.47 bits per heavy atom. The van der Waals surface area contributed by atoms with E-state index in [4.69, 9.17) is 5.73 Å². The molecule has 0 unspecified atom stereocenters. The first-order chi connectivity index (χ1) is 7.22. The van der Waals surface area contributed by atoms with Crippen LogP contribution in [0.25, 0.3) is 11.3 Å². The Morgan fingerprint density at radius 2 is 2.27 bits per heavy atom. The summed E-state index contributed by atoms with van der Waals surface area (Å²) < 4.78 is 13.0. The van der Waals surface area contributed by atoms with Gasteiger partial charge in [-0.25, -0.2) is 4.39 Å². The van der Waals surface area contributed by atoms with E-state index in [0.717, 1.165) is 12.1 Å². The number of halogens is 1. The molecule has 15 heavy (non-hydrogen) atoms. The van der Waals surface area contributed by atoms with Gasteiger partial charge in [-0.2, -0.15) is 5.10 Å². The molecule has 0 spiro atoms. The summed E-state index contributed by atoms with van der Waals surface area (Å²) in [5, 5.41) is 6.93. The number of nitrogens with one attached hydrogen (secondary N) is 1. The summed E-state index contributed by atoms with van der Waals surface area (Å²) in [6.07, 6.45) is 0.786. The smallest absolute Gasteiger partial charge is 0.123 e. The minimum atomic E-state index is -0.284. The van der Waals surface area contributed by atoms with Gasteiger partial charge in [0, 0.05) is 5.56 Å². The highest BCUT2D eigenvalue weighted by atomic mass is 19.1. The van der Waals surface area contributed by atoms with Crippen LogP contribution in [0.4, 0.5) is 10.1 Å². The number of nitrogen functional groups attached to an aromatic ring is 1. The third-order valence-corrected chi connectivity index (χ3v) is 2.33. The minimum absolute atomic E-state index is 0.284. The van der Waals surface area contributed by atoms with Crippen LogP contribution in [0.5, 0.6) is 0 Å². The van der Waals surface area contributed by atoms with Crippen molar-refractivity contribution in [3.05, 3.63) is 35.8 Å². The van der Waals surface area contributed by atoms with Gasteiger partial charge in [0.2, 0.25) is 0 Å². The fourth-order valence-corrected chi connectivity index (χ4v) is 1.51. The maximum atomic E-state index is 13.0. The zero-order valence-electron chi connectivity index (χ0n) is 8.42. The molecule has 0 radical (unpaired) electrons. The molecule has 3 nitrogen and oxygen atoms in total. The molecule has 3 N–H and O–H groups in total. The predicted molar refractivity (Wildman–Crippen MR) is 57.8 cm³/mol. The molecular formula is C11H12FN3. The fraction of sp³-hybridized carbons (Fsp3) is 0.182. The minimum Gasteiger partial charge on any atom is -0.395 e. The van der Waals surface area contributed by atoms with Crippen LogP contribution in [0.3, 0.4) is 0 Å². The highest BCUT2D eigenvalue weighted by molar-refractivity contribution is 5.74. The number of nitrogens with zero attached hydrogens (tertiary/aromatic N) is 1. The van der Waals surface area contributed by atoms with Crippen LogP contribution in [-0.2, 0) is 6.42 Å². The molecule has 0 aliphatic rings. The number of aromatic amines is 1. The summed E-state index contributed by atoms with van der Waals surface area (Å²) in [5.41, 5.74) is 8.68. The Morgan fingerprint density at radius 3 is 2.87 bits per heavy atom. The number of aromatic nitrogens is 2. The molecular weight excluding hydrogens is 193 g/mol. The topological polar surface area (TPSA) is 54.7 Å². The first kappa shape index (κ1) is 9.71. The van der Waals surface area contributed by atoms with Gasteiger partial charge in [0.05, 0.1) is 11.4 Å². The predicted octanol–water partition coefficient (Wildman–Crippen LogP) is 2.36. The van der Waals surface area contributed by atoms with E-state index in [1.165, 1.54) is 12.1 Å². The van der Waals surface area contributed by atoms with Crippen LogP contribution in [-0.4, -0.2) is 10.2 Å². The fourth-order valence-electron chi connectivity index (χ4n) is 1.51. The Kier molecular flexibility index (Phi) is 2.41. The Labute approximate surface area is 87.1 Å². The van der Waals surface area contributed by atoms with E-state index in [9.17, 15) is 4.39 Å². The number of hydrogen-bond donors (Lipinski definition) is 2. The lowest BCUT2D eigenvalue weighted by molar-refractivity contribution is 0.628. The van der Waals surface area contributed by atoms with Crippen molar-refractivity contribution < 1.29 is 4.39 Å². The van der Waals surface area contributed by atoms with E-state index < -0.39 is 0 Å². The molecule has 1 heterocycles. The quantitative estimate of drug-likeness (QED) is 0.790. The normalized spacial score (nSPS) is 10.5. The number of H-pyrrole nitrogens is 1. The van der Waals surface area contributed by atoms with Gasteiger partial charge < -0.3 is 5.73 Å². The SMILES string of the molecule is CCc1[nH]nc(-c2cccc(F)c2)c1N. The molecule has 0 amide bonds. The van der Waals surface area contributed by atoms with Crippen molar-refractivity contribution in [1.29, 1.82) is 0 Å². The van der Waals surface area contributed by atoms with Gasteiger partial charge in [-0.3, -0.25) is 5.10 Å². The molecule has 1 aromatic heterocycles. The van der Waals surface area contributed by atoms with Gasteiger partial charge >= 0.3 is 0 Å². The van der Waals surface area contributed by atoms with Crippen molar-refractivity contribution >= 4 is 5.69 Å². The molecule has 0 aliphatic carbocycles. The zero-order chi connectivity index (χ0) is 10.8. The summed E-state index contributed by atoms with van der Waals surface area (Å²) in [7, 11) is 0. The van der Waals surface area contributed by atoms with Crippen LogP contribution in [0.2, 0.25) is 0 Å². The molecule has 78 valence electrons. The zero-order valence-corrected chi connectivity index (χ0v) is 8.42. The largest absolute Gasteiger partial charge is 0.395 e. The molecule has 0 aliphatic heterocycles. The van der Waals surface area contributed by atoms with E-state index in [-0.39, 0.29) is 5.82 Å². The van der Waals surface area contributed by atoms with E-state index >= 15 is 0 Å². The molecule has 0 bridgehead atoms. The first-order valence-corrected chi connectivity index (χ1v) is 4.81. The maximum Gasteiger partial charge on any atom is 0.123 e. The summed E-state index contributed by atoms with van der Waals surface area (Å²) in [6.45, 7) is 1.99. The number of hydrogen-bond acceptors (Lipinski definition) is 2. The number of aryl methyl sites for hydroxylation is 1. The molecule has 0 saturated heterocycles. The third kappa shape index (κ3) is 1.70. The van der Waals surface area contributed by atoms with Crippen molar-refractivity contribution in [1.82, 2.24) is 10.2 Å². The third-order valence-electron chi connectivity index (χ3n) is 2.33. The van der Waals surface area contributed by atoms with Gasteiger partial charge in [0.25, 0.3) is 0 Å². The van der Waals surface area contributed by atoms with E-state index in [1.807, 2.05) is 6.92 Å². The number of rotatable bonds is 2. The van der Waals surface area contributed by atoms with Crippen molar-refractivity contribution in [2.24, 2.45) is 0 Å². The number of anilines is 1. The van der Waals surface area contributed by atoms with Crippen molar-refractivity contribution in [2.45, 2.75) is 13.3 Å². The average Bonchev–Trinajstić information content (AvgIpc) is 2.59. The van der Waals surface area contributed by atoms with Crippen molar-refractivity contribution in [2.75, 3.05) is 5.73 Å². The van der Waals surface area contributed by atoms with Crippen molar-refractivity contribution in [3.8, 4) is 11.3 Å². The van der Waals surface area contributed by atoms with Gasteiger partial charge in [0.1, 0.15) is 11.5 Å². The second-order valence-electron chi connectivity index (χ2n) is 3.33. The van der Waals surface area contributed by atoms with Gasteiger partial charge in [-0.15, -0.1) is 0 Å². The van der Waals surface area contributed by atoms with Crippen molar-refractivity contribution in [3.63, 3.8) is 0 Å². The molecule has 4 heteroatoms. The average molecular weight is 205 g/mol. The molecule has 0 atom stereocenters. The Hall–Kier alpha value is -1.84. The number of nitrogens with two attached hydrogens (primary N) is 1. The van der Waals surface area contributed by atoms with E-state index in [0.29, 0.717) is 16.9 Å². The van der Waals surface area contributed by atoms with Crippen LogP contribution in [0, 0.1) is 5.82 Å². The van der Waals surface area contributed by atoms with E-state index in [1.54, 1.807) is 12.1 Å². The molecule has 0 saturated carbocycles. The number of benzene rings is 1. The molecule has 1 aromatic carbocycles. The maximum absolute atomic E-state index is 13.0. The van der Waals surface area contributed by atoms with Gasteiger partial charge in [0.15, 0.2) is 0 Å². The highest BCUT2D eigenvalue weighted by Crippen LogP contribution is 2.26. The summed E-state index contributed by atoms with van der Waals surface area (Å²) in [6, 6.07) is 6.25. The second kappa shape index (κ2) is 3.73. The lowest BCUT2D eigenvalue weighted by Gasteiger charge is -1.99. The first-order valence-electron chi connectivity index (χ1n) is 4.81. The summed E-state index contributed by atoms with van der Waals surface area (Å²) in [4.78, 5) is 0. The summed E-state index contributed by atoms with van der Waals surface area (Å²) >= 11 is 0. The molecule has 0 fully saturated rings. The van der Waals surface area contributed by atoms with Crippen LogP contribution in [0.15, 0.2) is 24.3 Å². The second-order valence-corrected chi connectivity index (χ2v) is 3.33. The van der Waals surface area contributed by atoms with Crippen LogP contribution < -0.4 is 5.73 Å². The van der Waals surface area contributed by atoms with Crippen LogP contribution in [0.1, 0.15) is 12.6 Å². The Bertz CT molecular complexity index is 476.